The highest BCUT2D eigenvalue weighted by atomic mass is 32.2. The van der Waals surface area contributed by atoms with E-state index >= 15 is 0 Å². The molecule has 31 heavy (non-hydrogen) atoms. The van der Waals surface area contributed by atoms with Crippen molar-refractivity contribution in [2.75, 3.05) is 18.6 Å². The van der Waals surface area contributed by atoms with Crippen molar-refractivity contribution in [1.82, 2.24) is 15.6 Å². The summed E-state index contributed by atoms with van der Waals surface area (Å²) < 4.78 is 25.5. The van der Waals surface area contributed by atoms with Gasteiger partial charge in [0.25, 0.3) is 5.91 Å². The number of sulfone groups is 1. The zero-order valence-corrected chi connectivity index (χ0v) is 19.0. The summed E-state index contributed by atoms with van der Waals surface area (Å²) in [6.07, 6.45) is 1.03. The lowest BCUT2D eigenvalue weighted by Crippen LogP contribution is -2.34. The first-order chi connectivity index (χ1) is 14.8. The fraction of sp³-hybridized carbons (Fsp3) is 0.250. The number of rotatable bonds is 7. The van der Waals surface area contributed by atoms with Gasteiger partial charge in [-0.2, -0.15) is 0 Å². The fourth-order valence-corrected chi connectivity index (χ4v) is 6.21. The first-order valence-electron chi connectivity index (χ1n) is 9.38. The second-order valence-electron chi connectivity index (χ2n) is 7.16. The molecule has 4 rings (SSSR count). The zero-order chi connectivity index (χ0) is 22.2. The van der Waals surface area contributed by atoms with E-state index in [-0.39, 0.29) is 17.5 Å². The van der Waals surface area contributed by atoms with Crippen molar-refractivity contribution in [3.8, 4) is 11.1 Å². The molecule has 4 N–H and O–H groups in total. The summed E-state index contributed by atoms with van der Waals surface area (Å²) in [7, 11) is -3.72. The Morgan fingerprint density at radius 2 is 2.03 bits per heavy atom. The van der Waals surface area contributed by atoms with Gasteiger partial charge in [-0.25, -0.2) is 13.4 Å². The number of carbonyl (C=O) groups excluding carboxylic acids is 2. The minimum Gasteiger partial charge on any atom is -0.354 e. The molecule has 3 aromatic rings. The quantitative estimate of drug-likeness (QED) is 0.351. The van der Waals surface area contributed by atoms with Gasteiger partial charge in [0, 0.05) is 30.7 Å². The number of nitrogens with two attached hydrogens (primary N) is 1. The van der Waals surface area contributed by atoms with Crippen LogP contribution in [0.5, 0.6) is 0 Å². The largest absolute Gasteiger partial charge is 0.354 e. The molecule has 0 radical (unpaired) electrons. The number of hydrogen-bond acceptors (Lipinski definition) is 8. The molecule has 0 fully saturated rings. The number of nitrogens with zero attached hydrogens (tertiary/aromatic N) is 1. The molecule has 0 saturated carbocycles. The molecule has 1 aromatic heterocycles. The summed E-state index contributed by atoms with van der Waals surface area (Å²) in [6.45, 7) is 0.803. The van der Waals surface area contributed by atoms with Gasteiger partial charge in [0.15, 0.2) is 15.1 Å². The van der Waals surface area contributed by atoms with Crippen LogP contribution in [0, 0.1) is 0 Å². The maximum Gasteiger partial charge on any atom is 0.251 e. The number of thiazole rings is 1. The van der Waals surface area contributed by atoms with E-state index in [0.717, 1.165) is 39.6 Å². The van der Waals surface area contributed by atoms with Gasteiger partial charge in [0.2, 0.25) is 5.91 Å². The number of nitrogens with one attached hydrogen (secondary N) is 2. The average Bonchev–Trinajstić information content (AvgIpc) is 3.29. The Bertz CT molecular complexity index is 1290. The third-order valence-corrected chi connectivity index (χ3v) is 7.91. The van der Waals surface area contributed by atoms with Gasteiger partial charge >= 0.3 is 0 Å². The van der Waals surface area contributed by atoms with Crippen LogP contribution in [-0.4, -0.2) is 43.8 Å². The molecule has 11 heteroatoms. The molecular weight excluding hydrogens is 456 g/mol. The molecule has 162 valence electrons. The minimum absolute atomic E-state index is 0.0898. The van der Waals surface area contributed by atoms with E-state index in [9.17, 15) is 18.0 Å². The third kappa shape index (κ3) is 4.45. The molecule has 1 unspecified atom stereocenters. The van der Waals surface area contributed by atoms with Crippen LogP contribution in [0.4, 0.5) is 0 Å². The average molecular weight is 477 g/mol. The molecule has 0 bridgehead atoms. The molecule has 2 amide bonds. The maximum atomic E-state index is 12.6. The monoisotopic (exact) mass is 476 g/mol. The van der Waals surface area contributed by atoms with Crippen LogP contribution in [0.15, 0.2) is 36.4 Å². The first-order valence-corrected chi connectivity index (χ1v) is 13.2. The van der Waals surface area contributed by atoms with E-state index < -0.39 is 21.0 Å². The maximum absolute atomic E-state index is 12.6. The fourth-order valence-electron chi connectivity index (χ4n) is 3.44. The van der Waals surface area contributed by atoms with Crippen molar-refractivity contribution in [1.29, 1.82) is 0 Å². The van der Waals surface area contributed by atoms with Crippen molar-refractivity contribution >= 4 is 55.2 Å². The molecule has 8 nitrogen and oxygen atoms in total. The Kier molecular flexibility index (Phi) is 6.02. The van der Waals surface area contributed by atoms with Crippen molar-refractivity contribution in [3.63, 3.8) is 0 Å². The van der Waals surface area contributed by atoms with Gasteiger partial charge < -0.3 is 10.6 Å². The standard InChI is InChI=1S/C20H20N4O4S3/c1-31(27,28)17(19(26)22-6-7-29-21)20-24-15-5-4-12(9-16(15)30-20)11-2-3-13-10-23-18(25)14(13)8-11/h2-5,8-9,17H,6-7,10,21H2,1H3,(H,22,26)(H,23,25). The molecule has 2 heterocycles. The van der Waals surface area contributed by atoms with Crippen molar-refractivity contribution in [2.24, 2.45) is 5.14 Å². The van der Waals surface area contributed by atoms with Gasteiger partial charge in [-0.3, -0.25) is 14.7 Å². The Balaban J connectivity index is 1.69. The number of fused-ring (bicyclic) bond motifs is 2. The van der Waals surface area contributed by atoms with Crippen molar-refractivity contribution in [2.45, 2.75) is 11.8 Å². The Labute approximate surface area is 187 Å². The summed E-state index contributed by atoms with van der Waals surface area (Å²) in [6, 6.07) is 11.3. The van der Waals surface area contributed by atoms with Gasteiger partial charge in [-0.15, -0.1) is 11.3 Å². The highest BCUT2D eigenvalue weighted by molar-refractivity contribution is 7.97. The van der Waals surface area contributed by atoms with Crippen LogP contribution in [0.25, 0.3) is 21.3 Å². The molecule has 2 aromatic carbocycles. The van der Waals surface area contributed by atoms with E-state index in [4.69, 9.17) is 5.14 Å². The summed E-state index contributed by atoms with van der Waals surface area (Å²) in [5.74, 6) is -0.224. The van der Waals surface area contributed by atoms with Crippen LogP contribution in [0.1, 0.15) is 26.2 Å². The van der Waals surface area contributed by atoms with Gasteiger partial charge in [-0.05, 0) is 34.9 Å². The lowest BCUT2D eigenvalue weighted by molar-refractivity contribution is -0.120. The van der Waals surface area contributed by atoms with Gasteiger partial charge in [0.05, 0.1) is 10.2 Å². The molecule has 0 aliphatic carbocycles. The van der Waals surface area contributed by atoms with Gasteiger partial charge in [0.1, 0.15) is 5.01 Å². The zero-order valence-electron chi connectivity index (χ0n) is 16.5. The first kappa shape index (κ1) is 21.8. The summed E-state index contributed by atoms with van der Waals surface area (Å²) in [5.41, 5.74) is 3.99. The topological polar surface area (TPSA) is 131 Å². The molecule has 1 aliphatic heterocycles. The molecule has 0 saturated heterocycles. The SMILES string of the molecule is CS(=O)(=O)C(C(=O)NCCSN)c1nc2ccc(-c3ccc4c(c3)C(=O)NC4)cc2s1. The van der Waals surface area contributed by atoms with Crippen LogP contribution in [0.3, 0.4) is 0 Å². The van der Waals surface area contributed by atoms with Crippen LogP contribution >= 0.6 is 23.3 Å². The molecule has 1 aliphatic rings. The number of aromatic nitrogens is 1. The predicted octanol–water partition coefficient (Wildman–Crippen LogP) is 2.02. The Hall–Kier alpha value is -2.47. The normalized spacial score (nSPS) is 14.3. The summed E-state index contributed by atoms with van der Waals surface area (Å²) in [5, 5.41) is 9.61. The predicted molar refractivity (Wildman–Crippen MR) is 123 cm³/mol. The van der Waals surface area contributed by atoms with E-state index in [1.54, 1.807) is 6.07 Å². The summed E-state index contributed by atoms with van der Waals surface area (Å²) in [4.78, 5) is 28.9. The minimum atomic E-state index is -3.72. The number of amides is 2. The number of carbonyl (C=O) groups is 2. The third-order valence-electron chi connectivity index (χ3n) is 4.94. The lowest BCUT2D eigenvalue weighted by atomic mass is 10.0. The highest BCUT2D eigenvalue weighted by Crippen LogP contribution is 2.34. The van der Waals surface area contributed by atoms with E-state index in [1.807, 2.05) is 30.3 Å². The van der Waals surface area contributed by atoms with Crippen LogP contribution in [0.2, 0.25) is 0 Å². The Morgan fingerprint density at radius 1 is 1.29 bits per heavy atom. The van der Waals surface area contributed by atoms with Gasteiger partial charge in [-0.1, -0.05) is 30.1 Å². The van der Waals surface area contributed by atoms with E-state index in [1.165, 1.54) is 11.3 Å². The second kappa shape index (κ2) is 8.58. The highest BCUT2D eigenvalue weighted by Gasteiger charge is 2.33. The molecule has 0 spiro atoms. The summed E-state index contributed by atoms with van der Waals surface area (Å²) >= 11 is 2.24. The number of hydrogen-bond donors (Lipinski definition) is 3. The Morgan fingerprint density at radius 3 is 2.77 bits per heavy atom. The smallest absolute Gasteiger partial charge is 0.251 e. The number of benzene rings is 2. The van der Waals surface area contributed by atoms with Crippen LogP contribution < -0.4 is 15.8 Å². The molecular formula is C20H20N4O4S3. The van der Waals surface area contributed by atoms with Crippen molar-refractivity contribution < 1.29 is 18.0 Å². The molecule has 1 atom stereocenters. The van der Waals surface area contributed by atoms with E-state index in [0.29, 0.717) is 23.4 Å². The van der Waals surface area contributed by atoms with Crippen molar-refractivity contribution in [3.05, 3.63) is 52.5 Å². The second-order valence-corrected chi connectivity index (χ2v) is 11.1. The lowest BCUT2D eigenvalue weighted by Gasteiger charge is -2.12. The van der Waals surface area contributed by atoms with E-state index in [2.05, 4.69) is 15.6 Å². The van der Waals surface area contributed by atoms with Crippen LogP contribution in [-0.2, 0) is 21.2 Å².